The molecule has 1 unspecified atom stereocenters. The van der Waals surface area contributed by atoms with Crippen LogP contribution in [0.25, 0.3) is 0 Å². The zero-order chi connectivity index (χ0) is 10.6. The fourth-order valence-electron chi connectivity index (χ4n) is 0.848. The molecular formula is C10H9Cl2NS. The van der Waals surface area contributed by atoms with Gasteiger partial charge >= 0.3 is 0 Å². The first-order valence-corrected chi connectivity index (χ1v) is 5.85. The van der Waals surface area contributed by atoms with Crippen LogP contribution in [0.5, 0.6) is 0 Å². The molecule has 0 spiro atoms. The third-order valence-electron chi connectivity index (χ3n) is 1.63. The van der Waals surface area contributed by atoms with Crippen LogP contribution in [0.3, 0.4) is 0 Å². The molecule has 4 heteroatoms. The van der Waals surface area contributed by atoms with E-state index >= 15 is 0 Å². The van der Waals surface area contributed by atoms with Crippen molar-refractivity contribution < 1.29 is 0 Å². The molecule has 1 aromatic rings. The van der Waals surface area contributed by atoms with Crippen LogP contribution in [0, 0.1) is 17.2 Å². The molecule has 0 radical (unpaired) electrons. The molecule has 0 saturated carbocycles. The van der Waals surface area contributed by atoms with Crippen molar-refractivity contribution in [3.63, 3.8) is 0 Å². The standard InChI is InChI=1S/C10H9Cl2NS/c1-7(5-13)6-14-9-4-2-3-8(11)10(9)12/h2-4,7H,6H2,1H3. The molecule has 0 aliphatic heterocycles. The summed E-state index contributed by atoms with van der Waals surface area (Å²) < 4.78 is 0. The fourth-order valence-corrected chi connectivity index (χ4v) is 2.28. The van der Waals surface area contributed by atoms with Gasteiger partial charge in [0.15, 0.2) is 0 Å². The lowest BCUT2D eigenvalue weighted by molar-refractivity contribution is 0.864. The van der Waals surface area contributed by atoms with Crippen molar-refractivity contribution in [3.8, 4) is 6.07 Å². The van der Waals surface area contributed by atoms with E-state index in [-0.39, 0.29) is 5.92 Å². The van der Waals surface area contributed by atoms with E-state index in [9.17, 15) is 0 Å². The Labute approximate surface area is 98.0 Å². The normalized spacial score (nSPS) is 12.1. The molecular weight excluding hydrogens is 237 g/mol. The van der Waals surface area contributed by atoms with Crippen LogP contribution in [0.2, 0.25) is 10.0 Å². The summed E-state index contributed by atoms with van der Waals surface area (Å²) >= 11 is 13.4. The number of benzene rings is 1. The van der Waals surface area contributed by atoms with E-state index in [0.717, 1.165) is 10.6 Å². The van der Waals surface area contributed by atoms with E-state index in [1.807, 2.05) is 19.1 Å². The fraction of sp³-hybridized carbons (Fsp3) is 0.300. The Kier molecular flexibility index (Phi) is 4.60. The highest BCUT2D eigenvalue weighted by atomic mass is 35.5. The highest BCUT2D eigenvalue weighted by molar-refractivity contribution is 7.99. The van der Waals surface area contributed by atoms with Gasteiger partial charge in [0.1, 0.15) is 0 Å². The van der Waals surface area contributed by atoms with Gasteiger partial charge in [-0.15, -0.1) is 11.8 Å². The highest BCUT2D eigenvalue weighted by Crippen LogP contribution is 2.33. The van der Waals surface area contributed by atoms with E-state index in [2.05, 4.69) is 6.07 Å². The van der Waals surface area contributed by atoms with Crippen LogP contribution in [0.4, 0.5) is 0 Å². The first kappa shape index (κ1) is 11.7. The van der Waals surface area contributed by atoms with E-state index in [1.54, 1.807) is 17.8 Å². The Hall–Kier alpha value is -0.360. The molecule has 0 heterocycles. The summed E-state index contributed by atoms with van der Waals surface area (Å²) in [6.45, 7) is 1.88. The summed E-state index contributed by atoms with van der Waals surface area (Å²) in [5.41, 5.74) is 0. The second-order valence-electron chi connectivity index (χ2n) is 2.89. The molecule has 0 aromatic heterocycles. The average Bonchev–Trinajstić information content (AvgIpc) is 2.20. The van der Waals surface area contributed by atoms with Crippen molar-refractivity contribution in [1.82, 2.24) is 0 Å². The number of hydrogen-bond acceptors (Lipinski definition) is 2. The molecule has 0 fully saturated rings. The molecule has 0 bridgehead atoms. The second kappa shape index (κ2) is 5.50. The van der Waals surface area contributed by atoms with Crippen LogP contribution in [-0.4, -0.2) is 5.75 Å². The van der Waals surface area contributed by atoms with Gasteiger partial charge in [-0.1, -0.05) is 29.3 Å². The molecule has 1 aromatic carbocycles. The quantitative estimate of drug-likeness (QED) is 0.744. The number of thioether (sulfide) groups is 1. The van der Waals surface area contributed by atoms with Gasteiger partial charge in [0.2, 0.25) is 0 Å². The van der Waals surface area contributed by atoms with Crippen molar-refractivity contribution in [2.24, 2.45) is 5.92 Å². The van der Waals surface area contributed by atoms with Crippen molar-refractivity contribution in [3.05, 3.63) is 28.2 Å². The van der Waals surface area contributed by atoms with Gasteiger partial charge in [-0.05, 0) is 19.1 Å². The molecule has 0 aliphatic carbocycles. The molecule has 74 valence electrons. The number of rotatable bonds is 3. The van der Waals surface area contributed by atoms with E-state index in [0.29, 0.717) is 10.0 Å². The van der Waals surface area contributed by atoms with Gasteiger partial charge in [-0.3, -0.25) is 0 Å². The first-order chi connectivity index (χ1) is 6.65. The summed E-state index contributed by atoms with van der Waals surface area (Å²) in [7, 11) is 0. The predicted octanol–water partition coefficient (Wildman–Crippen LogP) is 4.25. The zero-order valence-electron chi connectivity index (χ0n) is 7.63. The lowest BCUT2D eigenvalue weighted by Gasteiger charge is -2.05. The van der Waals surface area contributed by atoms with Crippen LogP contribution in [0.15, 0.2) is 23.1 Å². The summed E-state index contributed by atoms with van der Waals surface area (Å²) in [5, 5.41) is 9.74. The number of hydrogen-bond donors (Lipinski definition) is 0. The van der Waals surface area contributed by atoms with Crippen molar-refractivity contribution in [2.75, 3.05) is 5.75 Å². The zero-order valence-corrected chi connectivity index (χ0v) is 9.96. The van der Waals surface area contributed by atoms with Gasteiger partial charge in [-0.2, -0.15) is 5.26 Å². The Bertz CT molecular complexity index is 360. The molecule has 0 N–H and O–H groups in total. The Morgan fingerprint density at radius 3 is 2.86 bits per heavy atom. The lowest BCUT2D eigenvalue weighted by Crippen LogP contribution is -1.93. The molecule has 0 aliphatic rings. The summed E-state index contributed by atoms with van der Waals surface area (Å²) in [6, 6.07) is 7.68. The smallest absolute Gasteiger partial charge is 0.0728 e. The van der Waals surface area contributed by atoms with E-state index in [1.165, 1.54) is 0 Å². The Morgan fingerprint density at radius 2 is 2.21 bits per heavy atom. The van der Waals surface area contributed by atoms with Gasteiger partial charge in [0, 0.05) is 10.6 Å². The minimum atomic E-state index is 0.0232. The summed E-state index contributed by atoms with van der Waals surface area (Å²) in [6.07, 6.45) is 0. The van der Waals surface area contributed by atoms with Crippen molar-refractivity contribution in [2.45, 2.75) is 11.8 Å². The minimum absolute atomic E-state index is 0.0232. The summed E-state index contributed by atoms with van der Waals surface area (Å²) in [5.74, 6) is 0.756. The molecule has 0 amide bonds. The highest BCUT2D eigenvalue weighted by Gasteiger charge is 2.06. The summed E-state index contributed by atoms with van der Waals surface area (Å²) in [4.78, 5) is 0.932. The first-order valence-electron chi connectivity index (χ1n) is 4.11. The van der Waals surface area contributed by atoms with Crippen LogP contribution < -0.4 is 0 Å². The lowest BCUT2D eigenvalue weighted by atomic mass is 10.3. The molecule has 1 nitrogen and oxygen atoms in total. The minimum Gasteiger partial charge on any atom is -0.198 e. The largest absolute Gasteiger partial charge is 0.198 e. The monoisotopic (exact) mass is 245 g/mol. The SMILES string of the molecule is CC(C#N)CSc1cccc(Cl)c1Cl. The van der Waals surface area contributed by atoms with Crippen LogP contribution in [-0.2, 0) is 0 Å². The van der Waals surface area contributed by atoms with Crippen molar-refractivity contribution >= 4 is 35.0 Å². The van der Waals surface area contributed by atoms with Gasteiger partial charge in [0.25, 0.3) is 0 Å². The van der Waals surface area contributed by atoms with Gasteiger partial charge in [-0.25, -0.2) is 0 Å². The Morgan fingerprint density at radius 1 is 1.50 bits per heavy atom. The Balaban J connectivity index is 2.69. The molecule has 0 saturated heterocycles. The predicted molar refractivity (Wildman–Crippen MR) is 62.0 cm³/mol. The van der Waals surface area contributed by atoms with E-state index < -0.39 is 0 Å². The molecule has 1 atom stereocenters. The number of nitriles is 1. The topological polar surface area (TPSA) is 23.8 Å². The van der Waals surface area contributed by atoms with E-state index in [4.69, 9.17) is 28.5 Å². The second-order valence-corrected chi connectivity index (χ2v) is 4.74. The molecule has 14 heavy (non-hydrogen) atoms. The number of halogens is 2. The average molecular weight is 246 g/mol. The molecule has 1 rings (SSSR count). The maximum atomic E-state index is 8.61. The van der Waals surface area contributed by atoms with Gasteiger partial charge < -0.3 is 0 Å². The number of nitrogens with zero attached hydrogens (tertiary/aromatic N) is 1. The maximum Gasteiger partial charge on any atom is 0.0728 e. The van der Waals surface area contributed by atoms with Crippen LogP contribution in [0.1, 0.15) is 6.92 Å². The maximum absolute atomic E-state index is 8.61. The third kappa shape index (κ3) is 3.09. The third-order valence-corrected chi connectivity index (χ3v) is 3.87. The van der Waals surface area contributed by atoms with Gasteiger partial charge in [0.05, 0.1) is 22.0 Å². The van der Waals surface area contributed by atoms with Crippen LogP contribution >= 0.6 is 35.0 Å². The van der Waals surface area contributed by atoms with Crippen molar-refractivity contribution in [1.29, 1.82) is 5.26 Å².